The summed E-state index contributed by atoms with van der Waals surface area (Å²) in [5, 5.41) is 13.7. The van der Waals surface area contributed by atoms with Gasteiger partial charge in [0.05, 0.1) is 0 Å². The first-order valence-electron chi connectivity index (χ1n) is 4.63. The Morgan fingerprint density at radius 3 is 2.94 bits per heavy atom. The van der Waals surface area contributed by atoms with Crippen LogP contribution in [-0.4, -0.2) is 22.9 Å². The second kappa shape index (κ2) is 7.72. The van der Waals surface area contributed by atoms with Crippen molar-refractivity contribution < 1.29 is 21.5 Å². The summed E-state index contributed by atoms with van der Waals surface area (Å²) in [5.41, 5.74) is 0.704. The van der Waals surface area contributed by atoms with Gasteiger partial charge in [-0.15, -0.1) is 0 Å². The number of halogens is 2. The van der Waals surface area contributed by atoms with E-state index in [9.17, 15) is 5.21 Å². The van der Waals surface area contributed by atoms with Crippen LogP contribution in [0.25, 0.3) is 0 Å². The Morgan fingerprint density at radius 1 is 1.56 bits per heavy atom. The van der Waals surface area contributed by atoms with E-state index >= 15 is 0 Å². The van der Waals surface area contributed by atoms with E-state index in [1.165, 1.54) is 11.8 Å². The average molecular weight is 462 g/mol. The van der Waals surface area contributed by atoms with Crippen LogP contribution in [0.1, 0.15) is 6.92 Å². The first-order chi connectivity index (χ1) is 7.70. The van der Waals surface area contributed by atoms with Crippen LogP contribution in [0.2, 0.25) is 0 Å². The number of nitrogens with zero attached hydrogens (tertiary/aromatic N) is 2. The van der Waals surface area contributed by atoms with E-state index in [4.69, 9.17) is 0 Å². The van der Waals surface area contributed by atoms with Gasteiger partial charge in [-0.3, -0.25) is 0 Å². The Morgan fingerprint density at radius 2 is 2.31 bits per heavy atom. The second-order valence-electron chi connectivity index (χ2n) is 2.76. The van der Waals surface area contributed by atoms with Gasteiger partial charge in [0.2, 0.25) is 0 Å². The van der Waals surface area contributed by atoms with Gasteiger partial charge in [-0.05, 0) is 0 Å². The summed E-state index contributed by atoms with van der Waals surface area (Å²) in [7, 11) is 0. The van der Waals surface area contributed by atoms with Crippen molar-refractivity contribution in [3.8, 4) is 0 Å². The van der Waals surface area contributed by atoms with Crippen LogP contribution < -0.4 is 21.5 Å². The van der Waals surface area contributed by atoms with E-state index in [0.717, 1.165) is 13.7 Å². The molecule has 1 heterocycles. The van der Waals surface area contributed by atoms with Gasteiger partial charge in [-0.25, -0.2) is 0 Å². The minimum absolute atomic E-state index is 0.340. The molecule has 0 aliphatic carbocycles. The number of hydrogen-bond donors (Lipinski definition) is 0. The molecule has 0 aromatic carbocycles. The molecular weight excluding hydrogens is 450 g/mol. The molecule has 0 N–H and O–H groups in total. The molecule has 16 heavy (non-hydrogen) atoms. The van der Waals surface area contributed by atoms with E-state index in [1.54, 1.807) is 0 Å². The maximum atomic E-state index is 11.8. The van der Waals surface area contributed by atoms with Crippen LogP contribution in [-0.2, 0) is 0 Å². The zero-order chi connectivity index (χ0) is 12.0. The summed E-state index contributed by atoms with van der Waals surface area (Å²) in [6, 6.07) is 0. The van der Waals surface area contributed by atoms with Gasteiger partial charge in [-0.1, -0.05) is 0 Å². The summed E-state index contributed by atoms with van der Waals surface area (Å²) in [6.45, 7) is 2.30. The number of allylic oxidation sites excluding steroid dienone is 4. The van der Waals surface area contributed by atoms with Crippen molar-refractivity contribution in [3.05, 3.63) is 36.8 Å². The Kier molecular flexibility index (Phi) is 7.01. The van der Waals surface area contributed by atoms with Gasteiger partial charge in [0.1, 0.15) is 0 Å². The molecule has 0 fully saturated rings. The van der Waals surface area contributed by atoms with Crippen molar-refractivity contribution >= 4 is 39.4 Å². The molecule has 0 aromatic heterocycles. The van der Waals surface area contributed by atoms with Crippen molar-refractivity contribution in [2.45, 2.75) is 6.92 Å². The van der Waals surface area contributed by atoms with E-state index in [2.05, 4.69) is 29.9 Å². The summed E-state index contributed by atoms with van der Waals surface area (Å²) in [6.07, 6.45) is 7.87. The predicted molar refractivity (Wildman–Crippen MR) is 76.0 cm³/mol. The predicted octanol–water partition coefficient (Wildman–Crippen LogP) is 0.302. The maximum absolute atomic E-state index is 11.8. The fourth-order valence-electron chi connectivity index (χ4n) is 1.02. The third kappa shape index (κ3) is 4.04. The molecule has 6 heteroatoms. The molecule has 0 saturated heterocycles. The molecule has 0 spiro atoms. The van der Waals surface area contributed by atoms with Crippen LogP contribution in [0.15, 0.2) is 34.8 Å². The van der Waals surface area contributed by atoms with Crippen LogP contribution in [0, 0.1) is 5.21 Å². The van der Waals surface area contributed by atoms with E-state index in [0.29, 0.717) is 12.2 Å². The van der Waals surface area contributed by atoms with Gasteiger partial charge in [0.15, 0.2) is 0 Å². The number of hydrogen-bond acceptors (Lipinski definition) is 4. The van der Waals surface area contributed by atoms with Crippen LogP contribution in [0.5, 0.6) is 0 Å². The molecule has 0 aromatic rings. The standard InChI is InChI=1S/C10H12I2N2OS/c1-3-14(15)9-8(11)6-4-5-7-12-13-10(9)16-2/h4-7H,3H2,1-2H3/q-2/b6-4+,7-5-,9-8-,13-10?. The zero-order valence-electron chi connectivity index (χ0n) is 8.98. The van der Waals surface area contributed by atoms with Crippen molar-refractivity contribution in [1.29, 1.82) is 0 Å². The van der Waals surface area contributed by atoms with E-state index in [-0.39, 0.29) is 21.5 Å². The topological polar surface area (TPSA) is 38.7 Å². The molecule has 0 atom stereocenters. The first-order valence-corrected chi connectivity index (χ1v) is 9.14. The van der Waals surface area contributed by atoms with Crippen molar-refractivity contribution in [2.75, 3.05) is 12.8 Å². The molecular formula is C10H12I2N2OS-2. The first kappa shape index (κ1) is 14.5. The Labute approximate surface area is 124 Å². The fourth-order valence-corrected chi connectivity index (χ4v) is 4.34. The van der Waals surface area contributed by atoms with Gasteiger partial charge in [-0.2, -0.15) is 0 Å². The number of thioether (sulfide) groups is 1. The Hall–Kier alpha value is 0.460. The zero-order valence-corrected chi connectivity index (χ0v) is 14.1. The van der Waals surface area contributed by atoms with Crippen LogP contribution in [0.4, 0.5) is 0 Å². The molecule has 90 valence electrons. The molecule has 0 amide bonds. The van der Waals surface area contributed by atoms with Gasteiger partial charge in [0, 0.05) is 0 Å². The average Bonchev–Trinajstić information content (AvgIpc) is 2.38. The SMILES string of the molecule is CCN([O-])/C1=C(I)/C=C/C=C\[I-]N=C1SC. The number of rotatable bonds is 2. The molecule has 1 aliphatic rings. The second-order valence-corrected chi connectivity index (χ2v) is 6.48. The summed E-state index contributed by atoms with van der Waals surface area (Å²) in [5.74, 6) is 0. The molecule has 3 nitrogen and oxygen atoms in total. The third-order valence-electron chi connectivity index (χ3n) is 1.77. The minimum atomic E-state index is -0.340. The van der Waals surface area contributed by atoms with E-state index < -0.39 is 0 Å². The molecule has 0 bridgehead atoms. The normalized spacial score (nSPS) is 25.6. The summed E-state index contributed by atoms with van der Waals surface area (Å²) >= 11 is 3.39. The van der Waals surface area contributed by atoms with Gasteiger partial charge >= 0.3 is 126 Å². The van der Waals surface area contributed by atoms with Crippen molar-refractivity contribution in [1.82, 2.24) is 5.06 Å². The monoisotopic (exact) mass is 462 g/mol. The quantitative estimate of drug-likeness (QED) is 0.438. The van der Waals surface area contributed by atoms with Gasteiger partial charge in [0.25, 0.3) is 0 Å². The molecule has 0 unspecified atom stereocenters. The van der Waals surface area contributed by atoms with Crippen LogP contribution in [0.3, 0.4) is 0 Å². The molecule has 0 saturated carbocycles. The Balaban J connectivity index is 3.18. The van der Waals surface area contributed by atoms with Gasteiger partial charge < -0.3 is 0 Å². The summed E-state index contributed by atoms with van der Waals surface area (Å²) in [4.78, 5) is 0. The van der Waals surface area contributed by atoms with Crippen molar-refractivity contribution in [2.24, 2.45) is 3.21 Å². The fraction of sp³-hybridized carbons (Fsp3) is 0.300. The summed E-state index contributed by atoms with van der Waals surface area (Å²) < 4.78 is 7.55. The van der Waals surface area contributed by atoms with Crippen molar-refractivity contribution in [3.63, 3.8) is 0 Å². The Bertz CT molecular complexity index is 364. The molecule has 1 rings (SSSR count). The molecule has 1 aliphatic heterocycles. The van der Waals surface area contributed by atoms with E-state index in [1.807, 2.05) is 31.4 Å². The van der Waals surface area contributed by atoms with Crippen LogP contribution >= 0.6 is 34.4 Å². The number of hydroxylamine groups is 2. The third-order valence-corrected chi connectivity index (χ3v) is 5.13. The molecule has 0 radical (unpaired) electrons.